The van der Waals surface area contributed by atoms with Crippen molar-refractivity contribution in [1.82, 2.24) is 4.57 Å². The van der Waals surface area contributed by atoms with Crippen LogP contribution in [0.5, 0.6) is 11.5 Å². The van der Waals surface area contributed by atoms with Crippen LogP contribution in [0.2, 0.25) is 0 Å². The average molecular weight is 466 g/mol. The molecule has 2 aromatic carbocycles. The smallest absolute Gasteiger partial charge is 0.287 e. The summed E-state index contributed by atoms with van der Waals surface area (Å²) in [5.74, 6) is 0.135. The van der Waals surface area contributed by atoms with Gasteiger partial charge in [-0.05, 0) is 37.3 Å². The van der Waals surface area contributed by atoms with Crippen LogP contribution in [0.4, 0.5) is 0 Å². The molecule has 3 rings (SSSR count). The van der Waals surface area contributed by atoms with Gasteiger partial charge in [-0.25, -0.2) is 13.6 Å². The van der Waals surface area contributed by atoms with Gasteiger partial charge in [0.05, 0.1) is 35.9 Å². The van der Waals surface area contributed by atoms with Crippen molar-refractivity contribution in [2.75, 3.05) is 27.4 Å². The Balaban J connectivity index is 2.19. The van der Waals surface area contributed by atoms with Crippen molar-refractivity contribution in [3.8, 4) is 11.5 Å². The van der Waals surface area contributed by atoms with Gasteiger partial charge < -0.3 is 18.8 Å². The Hall–Kier alpha value is -2.73. The van der Waals surface area contributed by atoms with Crippen molar-refractivity contribution >= 4 is 37.5 Å². The summed E-state index contributed by atoms with van der Waals surface area (Å²) < 4.78 is 42.0. The Bertz CT molecular complexity index is 1260. The van der Waals surface area contributed by atoms with Crippen molar-refractivity contribution in [3.63, 3.8) is 0 Å². The lowest BCUT2D eigenvalue weighted by Crippen LogP contribution is -2.20. The molecule has 11 heteroatoms. The maximum atomic E-state index is 13.1. The van der Waals surface area contributed by atoms with Crippen molar-refractivity contribution in [2.24, 2.45) is 10.1 Å². The number of sulfonamides is 1. The van der Waals surface area contributed by atoms with Crippen LogP contribution in [-0.2, 0) is 21.3 Å². The van der Waals surface area contributed by atoms with E-state index in [0.717, 1.165) is 5.52 Å². The molecule has 0 spiro atoms. The van der Waals surface area contributed by atoms with Gasteiger partial charge in [-0.1, -0.05) is 17.4 Å². The number of nitrogens with zero attached hydrogens (tertiary/aromatic N) is 2. The van der Waals surface area contributed by atoms with Crippen LogP contribution in [0.25, 0.3) is 10.2 Å². The Morgan fingerprint density at radius 2 is 1.84 bits per heavy atom. The molecule has 1 heterocycles. The van der Waals surface area contributed by atoms with Crippen molar-refractivity contribution in [3.05, 3.63) is 46.8 Å². The lowest BCUT2D eigenvalue weighted by atomic mass is 10.1. The van der Waals surface area contributed by atoms with E-state index in [0.29, 0.717) is 40.8 Å². The zero-order chi connectivity index (χ0) is 22.6. The Morgan fingerprint density at radius 1 is 1.16 bits per heavy atom. The van der Waals surface area contributed by atoms with E-state index in [1.54, 1.807) is 24.3 Å². The number of carbonyl (C=O) groups is 1. The van der Waals surface area contributed by atoms with Crippen LogP contribution >= 0.6 is 11.3 Å². The number of rotatable bonds is 8. The summed E-state index contributed by atoms with van der Waals surface area (Å²) in [5.41, 5.74) is 0.919. The Morgan fingerprint density at radius 3 is 2.42 bits per heavy atom. The predicted molar refractivity (Wildman–Crippen MR) is 117 cm³/mol. The summed E-state index contributed by atoms with van der Waals surface area (Å²) in [6.45, 7) is 3.26. The third kappa shape index (κ3) is 4.96. The number of aromatic nitrogens is 1. The van der Waals surface area contributed by atoms with E-state index in [4.69, 9.17) is 19.3 Å². The number of benzene rings is 2. The second-order valence-electron chi connectivity index (χ2n) is 6.36. The maximum absolute atomic E-state index is 13.1. The Kier molecular flexibility index (Phi) is 7.11. The van der Waals surface area contributed by atoms with E-state index in [-0.39, 0.29) is 10.5 Å². The van der Waals surface area contributed by atoms with Gasteiger partial charge in [0.2, 0.25) is 10.0 Å². The molecule has 3 aromatic rings. The summed E-state index contributed by atoms with van der Waals surface area (Å²) in [5, 5.41) is 5.26. The second kappa shape index (κ2) is 9.60. The molecule has 2 N–H and O–H groups in total. The molecule has 0 atom stereocenters. The van der Waals surface area contributed by atoms with Gasteiger partial charge in [-0.15, -0.1) is 0 Å². The normalized spacial score (nSPS) is 12.3. The van der Waals surface area contributed by atoms with E-state index in [2.05, 4.69) is 4.99 Å². The van der Waals surface area contributed by atoms with E-state index in [1.807, 2.05) is 11.5 Å². The average Bonchev–Trinajstić information content (AvgIpc) is 3.08. The SMILES string of the molecule is CCOCCn1c(=NC(=O)c2c(OC)cccc2OC)sc2cc(S(N)(=O)=O)ccc21. The molecule has 166 valence electrons. The molecule has 0 aliphatic heterocycles. The second-order valence-corrected chi connectivity index (χ2v) is 8.93. The molecule has 0 fully saturated rings. The highest BCUT2D eigenvalue weighted by Gasteiger charge is 2.19. The number of primary sulfonamides is 1. The van der Waals surface area contributed by atoms with E-state index in [9.17, 15) is 13.2 Å². The first-order valence-electron chi connectivity index (χ1n) is 9.34. The molecule has 1 amide bonds. The Labute approximate surface area is 183 Å². The lowest BCUT2D eigenvalue weighted by Gasteiger charge is -2.10. The summed E-state index contributed by atoms with van der Waals surface area (Å²) in [4.78, 5) is 17.8. The van der Waals surface area contributed by atoms with Gasteiger partial charge >= 0.3 is 0 Å². The fourth-order valence-electron chi connectivity index (χ4n) is 3.04. The van der Waals surface area contributed by atoms with Gasteiger partial charge in [0, 0.05) is 13.2 Å². The first kappa shape index (κ1) is 22.9. The highest BCUT2D eigenvalue weighted by Crippen LogP contribution is 2.29. The van der Waals surface area contributed by atoms with E-state index < -0.39 is 15.9 Å². The lowest BCUT2D eigenvalue weighted by molar-refractivity contribution is 0.0990. The third-order valence-electron chi connectivity index (χ3n) is 4.48. The number of nitrogens with two attached hydrogens (primary N) is 1. The number of fused-ring (bicyclic) bond motifs is 1. The summed E-state index contributed by atoms with van der Waals surface area (Å²) in [7, 11) is -0.940. The van der Waals surface area contributed by atoms with Gasteiger partial charge in [0.25, 0.3) is 5.91 Å². The topological polar surface area (TPSA) is 122 Å². The number of thiazole rings is 1. The molecule has 0 aliphatic carbocycles. The first-order valence-corrected chi connectivity index (χ1v) is 11.7. The highest BCUT2D eigenvalue weighted by atomic mass is 32.2. The number of methoxy groups -OCH3 is 2. The molecule has 0 radical (unpaired) electrons. The van der Waals surface area contributed by atoms with Crippen molar-refractivity contribution in [2.45, 2.75) is 18.4 Å². The van der Waals surface area contributed by atoms with Crippen LogP contribution < -0.4 is 19.4 Å². The first-order chi connectivity index (χ1) is 14.8. The largest absolute Gasteiger partial charge is 0.496 e. The maximum Gasteiger partial charge on any atom is 0.287 e. The van der Waals surface area contributed by atoms with Crippen LogP contribution in [0, 0.1) is 0 Å². The third-order valence-corrected chi connectivity index (χ3v) is 6.44. The highest BCUT2D eigenvalue weighted by molar-refractivity contribution is 7.89. The van der Waals surface area contributed by atoms with E-state index in [1.165, 1.54) is 37.7 Å². The fourth-order valence-corrected chi connectivity index (χ4v) is 4.75. The molecule has 0 saturated heterocycles. The zero-order valence-corrected chi connectivity index (χ0v) is 19.0. The van der Waals surface area contributed by atoms with E-state index >= 15 is 0 Å². The molecule has 0 aliphatic rings. The number of carbonyl (C=O) groups excluding carboxylic acids is 1. The minimum Gasteiger partial charge on any atom is -0.496 e. The molecule has 9 nitrogen and oxygen atoms in total. The van der Waals surface area contributed by atoms with Crippen LogP contribution in [0.1, 0.15) is 17.3 Å². The quantitative estimate of drug-likeness (QED) is 0.509. The molecular formula is C20H23N3O6S2. The predicted octanol–water partition coefficient (Wildman–Crippen LogP) is 2.14. The molecule has 0 unspecified atom stereocenters. The van der Waals surface area contributed by atoms with Crippen LogP contribution in [0.3, 0.4) is 0 Å². The van der Waals surface area contributed by atoms with Gasteiger partial charge in [0.1, 0.15) is 17.1 Å². The number of ether oxygens (including phenoxy) is 3. The van der Waals surface area contributed by atoms with Crippen molar-refractivity contribution in [1.29, 1.82) is 0 Å². The zero-order valence-electron chi connectivity index (χ0n) is 17.3. The summed E-state index contributed by atoms with van der Waals surface area (Å²) in [6.07, 6.45) is 0. The van der Waals surface area contributed by atoms with Gasteiger partial charge in [0.15, 0.2) is 4.80 Å². The molecule has 0 saturated carbocycles. The van der Waals surface area contributed by atoms with Crippen LogP contribution in [0.15, 0.2) is 46.3 Å². The van der Waals surface area contributed by atoms with Crippen LogP contribution in [-0.4, -0.2) is 46.3 Å². The fraction of sp³-hybridized carbons (Fsp3) is 0.300. The molecule has 0 bridgehead atoms. The van der Waals surface area contributed by atoms with Crippen molar-refractivity contribution < 1.29 is 27.4 Å². The molecule has 31 heavy (non-hydrogen) atoms. The monoisotopic (exact) mass is 465 g/mol. The number of amides is 1. The van der Waals surface area contributed by atoms with Gasteiger partial charge in [-0.3, -0.25) is 4.79 Å². The summed E-state index contributed by atoms with van der Waals surface area (Å²) >= 11 is 1.18. The molecular weight excluding hydrogens is 442 g/mol. The minimum atomic E-state index is -3.86. The molecule has 1 aromatic heterocycles. The minimum absolute atomic E-state index is 0.0116. The standard InChI is InChI=1S/C20H23N3O6S2/c1-4-29-11-10-23-14-9-8-13(31(21,25)26)12-17(14)30-20(23)22-19(24)18-15(27-2)6-5-7-16(18)28-3/h5-9,12H,4,10-11H2,1-3H3,(H2,21,25,26). The number of hydrogen-bond donors (Lipinski definition) is 1. The van der Waals surface area contributed by atoms with Gasteiger partial charge in [-0.2, -0.15) is 4.99 Å². The summed E-state index contributed by atoms with van der Waals surface area (Å²) in [6, 6.07) is 9.56. The number of hydrogen-bond acceptors (Lipinski definition) is 7.